The molecule has 0 bridgehead atoms. The van der Waals surface area contributed by atoms with Crippen molar-refractivity contribution in [1.82, 2.24) is 4.90 Å². The van der Waals surface area contributed by atoms with Gasteiger partial charge in [0.1, 0.15) is 6.61 Å². The average molecular weight is 344 g/mol. The van der Waals surface area contributed by atoms with Crippen LogP contribution in [-0.2, 0) is 16.1 Å². The van der Waals surface area contributed by atoms with Crippen molar-refractivity contribution in [3.63, 3.8) is 0 Å². The highest BCUT2D eigenvalue weighted by Crippen LogP contribution is 2.28. The van der Waals surface area contributed by atoms with E-state index in [0.717, 1.165) is 31.5 Å². The number of likely N-dealkylation sites (tertiary alicyclic amines) is 1. The molecule has 0 aliphatic carbocycles. The van der Waals surface area contributed by atoms with Crippen LogP contribution in [0.5, 0.6) is 0 Å². The van der Waals surface area contributed by atoms with E-state index in [9.17, 15) is 4.79 Å². The molecule has 3 nitrogen and oxygen atoms in total. The molecule has 1 saturated heterocycles. The number of rotatable bonds is 3. The predicted molar refractivity (Wildman–Crippen MR) is 90.3 cm³/mol. The smallest absolute Gasteiger partial charge is 0.309 e. The largest absolute Gasteiger partial charge is 0.461 e. The maximum Gasteiger partial charge on any atom is 0.309 e. The molecular formula is C17H23Cl2NO2. The minimum Gasteiger partial charge on any atom is -0.461 e. The first-order valence-electron chi connectivity index (χ1n) is 7.63. The molecule has 1 aromatic carbocycles. The zero-order valence-corrected chi connectivity index (χ0v) is 14.9. The van der Waals surface area contributed by atoms with Gasteiger partial charge in [-0.1, -0.05) is 35.3 Å². The van der Waals surface area contributed by atoms with E-state index in [1.54, 1.807) is 12.1 Å². The average Bonchev–Trinajstić information content (AvgIpc) is 2.48. The Kier molecular flexibility index (Phi) is 5.76. The van der Waals surface area contributed by atoms with Crippen LogP contribution in [0.1, 0.15) is 39.2 Å². The van der Waals surface area contributed by atoms with Gasteiger partial charge in [-0.05, 0) is 52.8 Å². The van der Waals surface area contributed by atoms with Crippen LogP contribution in [-0.4, -0.2) is 29.5 Å². The van der Waals surface area contributed by atoms with Crippen molar-refractivity contribution < 1.29 is 9.53 Å². The van der Waals surface area contributed by atoms with Crippen LogP contribution in [0.15, 0.2) is 18.2 Å². The Morgan fingerprint density at radius 1 is 1.27 bits per heavy atom. The van der Waals surface area contributed by atoms with Gasteiger partial charge in [0.05, 0.1) is 16.0 Å². The van der Waals surface area contributed by atoms with E-state index in [2.05, 4.69) is 25.7 Å². The van der Waals surface area contributed by atoms with E-state index in [1.807, 2.05) is 6.07 Å². The summed E-state index contributed by atoms with van der Waals surface area (Å²) in [6.07, 6.45) is 1.69. The number of hydrogen-bond acceptors (Lipinski definition) is 3. The summed E-state index contributed by atoms with van der Waals surface area (Å²) in [6.45, 7) is 8.65. The zero-order valence-electron chi connectivity index (χ0n) is 13.4. The molecule has 0 N–H and O–H groups in total. The number of hydrogen-bond donors (Lipinski definition) is 0. The van der Waals surface area contributed by atoms with Crippen LogP contribution < -0.4 is 0 Å². The molecule has 0 amide bonds. The Morgan fingerprint density at radius 2 is 1.91 bits per heavy atom. The monoisotopic (exact) mass is 343 g/mol. The van der Waals surface area contributed by atoms with E-state index in [-0.39, 0.29) is 24.0 Å². The second kappa shape index (κ2) is 7.20. The summed E-state index contributed by atoms with van der Waals surface area (Å²) >= 11 is 12.1. The van der Waals surface area contributed by atoms with Crippen molar-refractivity contribution in [2.75, 3.05) is 13.1 Å². The first kappa shape index (κ1) is 17.6. The van der Waals surface area contributed by atoms with Crippen LogP contribution in [0.25, 0.3) is 0 Å². The zero-order chi connectivity index (χ0) is 16.3. The maximum absolute atomic E-state index is 12.2. The van der Waals surface area contributed by atoms with E-state index in [1.165, 1.54) is 0 Å². The molecule has 0 spiro atoms. The van der Waals surface area contributed by atoms with Crippen molar-refractivity contribution in [3.8, 4) is 0 Å². The highest BCUT2D eigenvalue weighted by molar-refractivity contribution is 6.42. The van der Waals surface area contributed by atoms with Gasteiger partial charge in [0.2, 0.25) is 0 Å². The normalized spacial score (nSPS) is 17.5. The Hall–Kier alpha value is -0.770. The van der Waals surface area contributed by atoms with Gasteiger partial charge in [-0.3, -0.25) is 9.69 Å². The molecule has 0 aromatic heterocycles. The number of halogens is 2. The lowest BCUT2D eigenvalue weighted by Crippen LogP contribution is -2.47. The van der Waals surface area contributed by atoms with Crippen LogP contribution >= 0.6 is 23.2 Å². The summed E-state index contributed by atoms with van der Waals surface area (Å²) in [6, 6.07) is 5.35. The van der Waals surface area contributed by atoms with Gasteiger partial charge in [-0.15, -0.1) is 0 Å². The van der Waals surface area contributed by atoms with Gasteiger partial charge in [0.25, 0.3) is 0 Å². The summed E-state index contributed by atoms with van der Waals surface area (Å²) in [5.74, 6) is -0.152. The number of ether oxygens (including phenoxy) is 1. The standard InChI is InChI=1S/C17H23Cl2NO2/c1-17(2,3)20-9-7-12(8-10-20)16(21)22-11-13-5-4-6-14(18)15(13)19/h4-6,12H,7-11H2,1-3H3. The Balaban J connectivity index is 1.85. The van der Waals surface area contributed by atoms with Gasteiger partial charge < -0.3 is 4.74 Å². The van der Waals surface area contributed by atoms with Crippen LogP contribution in [0.2, 0.25) is 10.0 Å². The minimum absolute atomic E-state index is 0.0171. The van der Waals surface area contributed by atoms with E-state index >= 15 is 0 Å². The molecule has 1 fully saturated rings. The number of piperidine rings is 1. The molecular weight excluding hydrogens is 321 g/mol. The summed E-state index contributed by atoms with van der Waals surface area (Å²) in [7, 11) is 0. The second-order valence-electron chi connectivity index (χ2n) is 6.75. The molecule has 0 unspecified atom stereocenters. The lowest BCUT2D eigenvalue weighted by Gasteiger charge is -2.40. The lowest BCUT2D eigenvalue weighted by molar-refractivity contribution is -0.152. The van der Waals surface area contributed by atoms with Crippen LogP contribution in [0.4, 0.5) is 0 Å². The number of carbonyl (C=O) groups excluding carboxylic acids is 1. The quantitative estimate of drug-likeness (QED) is 0.754. The van der Waals surface area contributed by atoms with Crippen LogP contribution in [0, 0.1) is 5.92 Å². The number of carbonyl (C=O) groups is 1. The van der Waals surface area contributed by atoms with E-state index in [0.29, 0.717) is 10.0 Å². The SMILES string of the molecule is CC(C)(C)N1CCC(C(=O)OCc2cccc(Cl)c2Cl)CC1. The van der Waals surface area contributed by atoms with Gasteiger partial charge >= 0.3 is 5.97 Å². The fourth-order valence-electron chi connectivity index (χ4n) is 2.71. The van der Waals surface area contributed by atoms with Gasteiger partial charge in [-0.25, -0.2) is 0 Å². The minimum atomic E-state index is -0.135. The van der Waals surface area contributed by atoms with Gasteiger partial charge in [0, 0.05) is 11.1 Å². The molecule has 0 atom stereocenters. The van der Waals surface area contributed by atoms with Gasteiger partial charge in [-0.2, -0.15) is 0 Å². The predicted octanol–water partition coefficient (Wildman–Crippen LogP) is 4.55. The molecule has 0 radical (unpaired) electrons. The van der Waals surface area contributed by atoms with Crippen molar-refractivity contribution >= 4 is 29.2 Å². The Labute approximate surface area is 142 Å². The van der Waals surface area contributed by atoms with Crippen molar-refractivity contribution in [2.45, 2.75) is 45.8 Å². The molecule has 1 aliphatic rings. The molecule has 5 heteroatoms. The first-order chi connectivity index (χ1) is 10.3. The fraction of sp³-hybridized carbons (Fsp3) is 0.588. The van der Waals surface area contributed by atoms with E-state index < -0.39 is 0 Å². The highest BCUT2D eigenvalue weighted by Gasteiger charge is 2.30. The van der Waals surface area contributed by atoms with Crippen molar-refractivity contribution in [2.24, 2.45) is 5.92 Å². The number of nitrogens with zero attached hydrogens (tertiary/aromatic N) is 1. The third-order valence-electron chi connectivity index (χ3n) is 4.18. The molecule has 1 aromatic rings. The molecule has 2 rings (SSSR count). The topological polar surface area (TPSA) is 29.5 Å². The summed E-state index contributed by atoms with van der Waals surface area (Å²) in [5, 5.41) is 0.938. The summed E-state index contributed by atoms with van der Waals surface area (Å²) < 4.78 is 5.42. The number of esters is 1. The first-order valence-corrected chi connectivity index (χ1v) is 8.39. The fourth-order valence-corrected chi connectivity index (χ4v) is 3.09. The molecule has 1 aliphatic heterocycles. The van der Waals surface area contributed by atoms with Gasteiger partial charge in [0.15, 0.2) is 0 Å². The molecule has 0 saturated carbocycles. The van der Waals surface area contributed by atoms with Crippen LogP contribution in [0.3, 0.4) is 0 Å². The van der Waals surface area contributed by atoms with E-state index in [4.69, 9.17) is 27.9 Å². The molecule has 1 heterocycles. The summed E-state index contributed by atoms with van der Waals surface area (Å²) in [5.41, 5.74) is 0.901. The third-order valence-corrected chi connectivity index (χ3v) is 5.04. The third kappa shape index (κ3) is 4.37. The van der Waals surface area contributed by atoms with Crippen molar-refractivity contribution in [1.29, 1.82) is 0 Å². The maximum atomic E-state index is 12.2. The molecule has 122 valence electrons. The molecule has 22 heavy (non-hydrogen) atoms. The summed E-state index contributed by atoms with van der Waals surface area (Å²) in [4.78, 5) is 14.6. The Morgan fingerprint density at radius 3 is 2.50 bits per heavy atom. The number of benzene rings is 1. The van der Waals surface area contributed by atoms with Crippen molar-refractivity contribution in [3.05, 3.63) is 33.8 Å². The lowest BCUT2D eigenvalue weighted by atomic mass is 9.93. The Bertz CT molecular complexity index is 532. The second-order valence-corrected chi connectivity index (χ2v) is 7.54. The highest BCUT2D eigenvalue weighted by atomic mass is 35.5.